The molecular weight excluding hydrogens is 226 g/mol. The molecule has 0 bridgehead atoms. The monoisotopic (exact) mass is 238 g/mol. The smallest absolute Gasteiger partial charge is 0.149 e. The van der Waals surface area contributed by atoms with E-state index >= 15 is 0 Å². The lowest BCUT2D eigenvalue weighted by molar-refractivity contribution is 0.578. The summed E-state index contributed by atoms with van der Waals surface area (Å²) in [6, 6.07) is 1.91. The zero-order chi connectivity index (χ0) is 12.6. The van der Waals surface area contributed by atoms with Crippen molar-refractivity contribution in [2.24, 2.45) is 5.73 Å². The highest BCUT2D eigenvalue weighted by atomic mass is 19.1. The Morgan fingerprint density at radius 2 is 2.00 bits per heavy atom. The van der Waals surface area contributed by atoms with E-state index < -0.39 is 11.6 Å². The molecule has 0 aliphatic rings. The van der Waals surface area contributed by atoms with Crippen molar-refractivity contribution in [3.8, 4) is 5.69 Å². The minimum absolute atomic E-state index is 0.0208. The number of aromatic nitrogens is 3. The third-order valence-corrected chi connectivity index (χ3v) is 2.45. The number of hydrogen-bond acceptors (Lipinski definition) is 3. The van der Waals surface area contributed by atoms with Gasteiger partial charge in [0.2, 0.25) is 0 Å². The van der Waals surface area contributed by atoms with Gasteiger partial charge in [0.25, 0.3) is 0 Å². The summed E-state index contributed by atoms with van der Waals surface area (Å²) in [6.45, 7) is 3.23. The van der Waals surface area contributed by atoms with E-state index in [2.05, 4.69) is 10.3 Å². The number of halogens is 2. The molecule has 6 heteroatoms. The summed E-state index contributed by atoms with van der Waals surface area (Å²) in [5.41, 5.74) is 6.40. The van der Waals surface area contributed by atoms with Crippen LogP contribution in [0.5, 0.6) is 0 Å². The first kappa shape index (κ1) is 11.7. The van der Waals surface area contributed by atoms with Crippen LogP contribution in [0.1, 0.15) is 24.2 Å². The van der Waals surface area contributed by atoms with Gasteiger partial charge in [0.15, 0.2) is 0 Å². The molecule has 4 nitrogen and oxygen atoms in total. The van der Waals surface area contributed by atoms with Crippen LogP contribution in [0.25, 0.3) is 5.69 Å². The fraction of sp³-hybridized carbons (Fsp3) is 0.273. The maximum atomic E-state index is 13.6. The van der Waals surface area contributed by atoms with Crippen molar-refractivity contribution < 1.29 is 8.78 Å². The van der Waals surface area contributed by atoms with Crippen LogP contribution in [0.2, 0.25) is 0 Å². The summed E-state index contributed by atoms with van der Waals surface area (Å²) in [6.07, 6.45) is 1.48. The van der Waals surface area contributed by atoms with E-state index in [1.54, 1.807) is 6.92 Å². The first-order chi connectivity index (χ1) is 7.99. The molecule has 0 aliphatic heterocycles. The van der Waals surface area contributed by atoms with Crippen molar-refractivity contribution in [3.05, 3.63) is 41.2 Å². The maximum absolute atomic E-state index is 13.6. The SMILES string of the molecule is Cc1cc(F)c(-n2cc(C(C)N)nn2)cc1F. The van der Waals surface area contributed by atoms with Crippen molar-refractivity contribution in [1.82, 2.24) is 15.0 Å². The topological polar surface area (TPSA) is 56.7 Å². The Labute approximate surface area is 97.0 Å². The Kier molecular flexibility index (Phi) is 2.89. The van der Waals surface area contributed by atoms with Crippen LogP contribution in [0.4, 0.5) is 8.78 Å². The fourth-order valence-corrected chi connectivity index (χ4v) is 1.41. The molecule has 0 spiro atoms. The van der Waals surface area contributed by atoms with Gasteiger partial charge in [0, 0.05) is 12.1 Å². The van der Waals surface area contributed by atoms with Crippen LogP contribution in [-0.2, 0) is 0 Å². The van der Waals surface area contributed by atoms with Gasteiger partial charge in [-0.3, -0.25) is 0 Å². The molecule has 0 saturated carbocycles. The highest BCUT2D eigenvalue weighted by Gasteiger charge is 2.12. The average Bonchev–Trinajstić information content (AvgIpc) is 2.72. The number of hydrogen-bond donors (Lipinski definition) is 1. The highest BCUT2D eigenvalue weighted by molar-refractivity contribution is 5.36. The van der Waals surface area contributed by atoms with Crippen LogP contribution < -0.4 is 5.73 Å². The number of nitrogens with zero attached hydrogens (tertiary/aromatic N) is 3. The fourth-order valence-electron chi connectivity index (χ4n) is 1.41. The van der Waals surface area contributed by atoms with Gasteiger partial charge in [-0.2, -0.15) is 0 Å². The summed E-state index contributed by atoms with van der Waals surface area (Å²) in [4.78, 5) is 0. The normalized spacial score (nSPS) is 12.8. The quantitative estimate of drug-likeness (QED) is 0.869. The van der Waals surface area contributed by atoms with Crippen molar-refractivity contribution in [1.29, 1.82) is 0 Å². The van der Waals surface area contributed by atoms with Gasteiger partial charge < -0.3 is 5.73 Å². The molecule has 0 amide bonds. The van der Waals surface area contributed by atoms with E-state index in [1.807, 2.05) is 0 Å². The van der Waals surface area contributed by atoms with E-state index in [4.69, 9.17) is 5.73 Å². The van der Waals surface area contributed by atoms with E-state index in [1.165, 1.54) is 17.8 Å². The molecule has 1 atom stereocenters. The standard InChI is InChI=1S/C11H12F2N4/c1-6-3-9(13)11(4-8(6)12)17-5-10(7(2)14)15-16-17/h3-5,7H,14H2,1-2H3. The third kappa shape index (κ3) is 2.16. The molecule has 2 aromatic rings. The molecule has 17 heavy (non-hydrogen) atoms. The van der Waals surface area contributed by atoms with E-state index in [0.717, 1.165) is 12.1 Å². The van der Waals surface area contributed by atoms with Crippen molar-refractivity contribution in [2.75, 3.05) is 0 Å². The van der Waals surface area contributed by atoms with Gasteiger partial charge in [-0.1, -0.05) is 5.21 Å². The zero-order valence-corrected chi connectivity index (χ0v) is 9.48. The molecular formula is C11H12F2N4. The molecule has 2 N–H and O–H groups in total. The Hall–Kier alpha value is -1.82. The number of benzene rings is 1. The van der Waals surface area contributed by atoms with Crippen LogP contribution in [0.15, 0.2) is 18.3 Å². The lowest BCUT2D eigenvalue weighted by Crippen LogP contribution is -2.05. The van der Waals surface area contributed by atoms with Crippen LogP contribution >= 0.6 is 0 Å². The van der Waals surface area contributed by atoms with Crippen molar-refractivity contribution >= 4 is 0 Å². The molecule has 90 valence electrons. The molecule has 0 fully saturated rings. The first-order valence-electron chi connectivity index (χ1n) is 5.13. The minimum atomic E-state index is -0.551. The average molecular weight is 238 g/mol. The third-order valence-electron chi connectivity index (χ3n) is 2.45. The van der Waals surface area contributed by atoms with Gasteiger partial charge in [-0.25, -0.2) is 13.5 Å². The molecule has 2 rings (SSSR count). The lowest BCUT2D eigenvalue weighted by atomic mass is 10.2. The van der Waals surface area contributed by atoms with Gasteiger partial charge in [0.1, 0.15) is 17.3 Å². The molecule has 1 heterocycles. The molecule has 1 aromatic carbocycles. The Morgan fingerprint density at radius 1 is 1.29 bits per heavy atom. The van der Waals surface area contributed by atoms with Gasteiger partial charge in [-0.05, 0) is 25.5 Å². The number of rotatable bonds is 2. The second-order valence-electron chi connectivity index (χ2n) is 3.93. The summed E-state index contributed by atoms with van der Waals surface area (Å²) < 4.78 is 28.2. The Morgan fingerprint density at radius 3 is 2.59 bits per heavy atom. The van der Waals surface area contributed by atoms with E-state index in [-0.39, 0.29) is 17.3 Å². The summed E-state index contributed by atoms with van der Waals surface area (Å²) in [7, 11) is 0. The molecule has 0 aliphatic carbocycles. The summed E-state index contributed by atoms with van der Waals surface area (Å²) >= 11 is 0. The van der Waals surface area contributed by atoms with Crippen LogP contribution in [0, 0.1) is 18.6 Å². The van der Waals surface area contributed by atoms with Crippen molar-refractivity contribution in [2.45, 2.75) is 19.9 Å². The van der Waals surface area contributed by atoms with Crippen molar-refractivity contribution in [3.63, 3.8) is 0 Å². The number of nitrogens with two attached hydrogens (primary N) is 1. The van der Waals surface area contributed by atoms with E-state index in [9.17, 15) is 8.78 Å². The lowest BCUT2D eigenvalue weighted by Gasteiger charge is -2.04. The first-order valence-corrected chi connectivity index (χ1v) is 5.13. The van der Waals surface area contributed by atoms with Gasteiger partial charge >= 0.3 is 0 Å². The van der Waals surface area contributed by atoms with Gasteiger partial charge in [-0.15, -0.1) is 5.10 Å². The number of aryl methyl sites for hydroxylation is 1. The maximum Gasteiger partial charge on any atom is 0.149 e. The minimum Gasteiger partial charge on any atom is -0.323 e. The Balaban J connectivity index is 2.49. The summed E-state index contributed by atoms with van der Waals surface area (Å²) in [5.74, 6) is -1.04. The Bertz CT molecular complexity index is 548. The molecule has 0 radical (unpaired) electrons. The summed E-state index contributed by atoms with van der Waals surface area (Å²) in [5, 5.41) is 7.50. The predicted molar refractivity (Wildman–Crippen MR) is 58.6 cm³/mol. The predicted octanol–water partition coefficient (Wildman–Crippen LogP) is 1.87. The molecule has 0 saturated heterocycles. The second kappa shape index (κ2) is 4.21. The van der Waals surface area contributed by atoms with Gasteiger partial charge in [0.05, 0.1) is 11.9 Å². The largest absolute Gasteiger partial charge is 0.323 e. The highest BCUT2D eigenvalue weighted by Crippen LogP contribution is 2.18. The van der Waals surface area contributed by atoms with Crippen LogP contribution in [0.3, 0.4) is 0 Å². The van der Waals surface area contributed by atoms with E-state index in [0.29, 0.717) is 5.69 Å². The molecule has 1 unspecified atom stereocenters. The van der Waals surface area contributed by atoms with Crippen LogP contribution in [-0.4, -0.2) is 15.0 Å². The second-order valence-corrected chi connectivity index (χ2v) is 3.93. The molecule has 1 aromatic heterocycles. The zero-order valence-electron chi connectivity index (χ0n) is 9.48.